The molecule has 6 nitrogen and oxygen atoms in total. The molecular formula is C18H18FNO5S2. The zero-order valence-corrected chi connectivity index (χ0v) is 16.1. The normalized spacial score (nSPS) is 15.5. The zero-order chi connectivity index (χ0) is 19.6. The molecule has 1 N–H and O–H groups in total. The Bertz CT molecular complexity index is 972. The largest absolute Gasteiger partial charge is 0.496 e. The van der Waals surface area contributed by atoms with Gasteiger partial charge in [0.25, 0.3) is 0 Å². The van der Waals surface area contributed by atoms with Gasteiger partial charge in [-0.25, -0.2) is 17.6 Å². The molecule has 0 saturated carbocycles. The van der Waals surface area contributed by atoms with Gasteiger partial charge in [-0.2, -0.15) is 16.1 Å². The zero-order valence-electron chi connectivity index (χ0n) is 14.5. The monoisotopic (exact) mass is 411 g/mol. The standard InChI is InChI=1S/C18H18FNO5S2/c1-25-17-3-2-14(19)11-16(17)12-8-13(18(21)22)10-15(9-12)27(23,24)20-4-6-26-7-5-20/h2-3,8-11H,4-7H2,1H3,(H,21,22). The van der Waals surface area contributed by atoms with Crippen molar-refractivity contribution in [3.63, 3.8) is 0 Å². The number of aromatic carboxylic acids is 1. The van der Waals surface area contributed by atoms with Crippen molar-refractivity contribution in [2.45, 2.75) is 4.90 Å². The number of hydrogen-bond acceptors (Lipinski definition) is 5. The number of nitrogens with zero attached hydrogens (tertiary/aromatic N) is 1. The van der Waals surface area contributed by atoms with Gasteiger partial charge in [0.2, 0.25) is 10.0 Å². The Balaban J connectivity index is 2.17. The molecule has 3 rings (SSSR count). The van der Waals surface area contributed by atoms with E-state index < -0.39 is 21.8 Å². The molecule has 144 valence electrons. The van der Waals surface area contributed by atoms with Crippen LogP contribution >= 0.6 is 11.8 Å². The van der Waals surface area contributed by atoms with E-state index in [1.807, 2.05) is 0 Å². The van der Waals surface area contributed by atoms with Crippen molar-refractivity contribution in [2.75, 3.05) is 31.7 Å². The molecule has 0 aromatic heterocycles. The van der Waals surface area contributed by atoms with Crippen LogP contribution in [0.4, 0.5) is 4.39 Å². The van der Waals surface area contributed by atoms with Crippen molar-refractivity contribution < 1.29 is 27.4 Å². The van der Waals surface area contributed by atoms with Gasteiger partial charge in [0.05, 0.1) is 17.6 Å². The van der Waals surface area contributed by atoms with Crippen LogP contribution in [-0.4, -0.2) is 55.5 Å². The van der Waals surface area contributed by atoms with Gasteiger partial charge in [-0.3, -0.25) is 0 Å². The molecular weight excluding hydrogens is 393 g/mol. The lowest BCUT2D eigenvalue weighted by Crippen LogP contribution is -2.37. The maximum Gasteiger partial charge on any atom is 0.335 e. The van der Waals surface area contributed by atoms with Crippen LogP contribution in [0.5, 0.6) is 5.75 Å². The molecule has 27 heavy (non-hydrogen) atoms. The number of hydrogen-bond donors (Lipinski definition) is 1. The maximum atomic E-state index is 13.8. The van der Waals surface area contributed by atoms with Gasteiger partial charge >= 0.3 is 5.97 Å². The number of carbonyl (C=O) groups is 1. The molecule has 2 aromatic carbocycles. The molecule has 1 saturated heterocycles. The average Bonchev–Trinajstić information content (AvgIpc) is 2.68. The van der Waals surface area contributed by atoms with Gasteiger partial charge in [-0.05, 0) is 42.0 Å². The van der Waals surface area contributed by atoms with E-state index in [9.17, 15) is 22.7 Å². The van der Waals surface area contributed by atoms with Crippen LogP contribution < -0.4 is 4.74 Å². The molecule has 0 radical (unpaired) electrons. The van der Waals surface area contributed by atoms with Crippen LogP contribution in [0.25, 0.3) is 11.1 Å². The number of carboxylic acid groups (broad SMARTS) is 1. The first-order chi connectivity index (χ1) is 12.8. The Kier molecular flexibility index (Phi) is 5.73. The van der Waals surface area contributed by atoms with Crippen molar-refractivity contribution in [1.82, 2.24) is 4.31 Å². The van der Waals surface area contributed by atoms with E-state index in [-0.39, 0.29) is 21.6 Å². The highest BCUT2D eigenvalue weighted by Gasteiger charge is 2.28. The SMILES string of the molecule is COc1ccc(F)cc1-c1cc(C(=O)O)cc(S(=O)(=O)N2CCSCC2)c1. The molecule has 1 fully saturated rings. The summed E-state index contributed by atoms with van der Waals surface area (Å²) in [5.41, 5.74) is 0.353. The van der Waals surface area contributed by atoms with E-state index in [0.29, 0.717) is 30.3 Å². The Hall–Kier alpha value is -2.10. The first-order valence-electron chi connectivity index (χ1n) is 8.13. The summed E-state index contributed by atoms with van der Waals surface area (Å²) in [5, 5.41) is 9.42. The second-order valence-corrected chi connectivity index (χ2v) is 9.07. The molecule has 0 unspecified atom stereocenters. The first-order valence-corrected chi connectivity index (χ1v) is 10.7. The van der Waals surface area contributed by atoms with Gasteiger partial charge in [-0.1, -0.05) is 0 Å². The van der Waals surface area contributed by atoms with E-state index in [2.05, 4.69) is 0 Å². The van der Waals surface area contributed by atoms with Crippen molar-refractivity contribution in [3.8, 4) is 16.9 Å². The minimum atomic E-state index is -3.86. The highest BCUT2D eigenvalue weighted by atomic mass is 32.2. The summed E-state index contributed by atoms with van der Waals surface area (Å²) in [5.74, 6) is -0.122. The molecule has 0 spiro atoms. The van der Waals surface area contributed by atoms with Crippen LogP contribution in [0.3, 0.4) is 0 Å². The highest BCUT2D eigenvalue weighted by Crippen LogP contribution is 2.34. The Morgan fingerprint density at radius 2 is 1.89 bits per heavy atom. The third-order valence-corrected chi connectivity index (χ3v) is 7.05. The molecule has 2 aromatic rings. The number of methoxy groups -OCH3 is 1. The quantitative estimate of drug-likeness (QED) is 0.815. The average molecular weight is 411 g/mol. The molecule has 0 atom stereocenters. The summed E-state index contributed by atoms with van der Waals surface area (Å²) in [6, 6.07) is 7.62. The third kappa shape index (κ3) is 4.10. The second kappa shape index (κ2) is 7.87. The Labute approximate surface area is 161 Å². The second-order valence-electron chi connectivity index (χ2n) is 5.91. The van der Waals surface area contributed by atoms with Gasteiger partial charge < -0.3 is 9.84 Å². The number of benzene rings is 2. The van der Waals surface area contributed by atoms with Crippen molar-refractivity contribution >= 4 is 27.8 Å². The lowest BCUT2D eigenvalue weighted by molar-refractivity contribution is 0.0696. The lowest BCUT2D eigenvalue weighted by atomic mass is 10.0. The van der Waals surface area contributed by atoms with E-state index in [1.165, 1.54) is 41.7 Å². The first kappa shape index (κ1) is 19.7. The minimum absolute atomic E-state index is 0.129. The molecule has 9 heteroatoms. The van der Waals surface area contributed by atoms with Crippen LogP contribution in [0.1, 0.15) is 10.4 Å². The number of carboxylic acids is 1. The summed E-state index contributed by atoms with van der Waals surface area (Å²) >= 11 is 1.67. The van der Waals surface area contributed by atoms with Crippen LogP contribution in [0.2, 0.25) is 0 Å². The van der Waals surface area contributed by atoms with Crippen molar-refractivity contribution in [2.24, 2.45) is 0 Å². The highest BCUT2D eigenvalue weighted by molar-refractivity contribution is 7.99. The molecule has 0 amide bonds. The number of halogens is 1. The van der Waals surface area contributed by atoms with Crippen LogP contribution in [0.15, 0.2) is 41.3 Å². The molecule has 1 heterocycles. The summed E-state index contributed by atoms with van der Waals surface area (Å²) in [7, 11) is -2.45. The number of ether oxygens (including phenoxy) is 1. The van der Waals surface area contributed by atoms with Gasteiger partial charge in [0.15, 0.2) is 0 Å². The topological polar surface area (TPSA) is 83.9 Å². The third-order valence-electron chi connectivity index (χ3n) is 4.23. The van der Waals surface area contributed by atoms with E-state index in [1.54, 1.807) is 11.8 Å². The number of thioether (sulfide) groups is 1. The lowest BCUT2D eigenvalue weighted by Gasteiger charge is -2.26. The smallest absolute Gasteiger partial charge is 0.335 e. The van der Waals surface area contributed by atoms with Crippen LogP contribution in [0, 0.1) is 5.82 Å². The van der Waals surface area contributed by atoms with Crippen LogP contribution in [-0.2, 0) is 10.0 Å². The number of sulfonamides is 1. The van der Waals surface area contributed by atoms with Gasteiger partial charge in [0, 0.05) is 30.2 Å². The molecule has 1 aliphatic heterocycles. The maximum absolute atomic E-state index is 13.8. The Morgan fingerprint density at radius 3 is 2.52 bits per heavy atom. The minimum Gasteiger partial charge on any atom is -0.496 e. The number of rotatable bonds is 5. The van der Waals surface area contributed by atoms with Crippen molar-refractivity contribution in [3.05, 3.63) is 47.8 Å². The molecule has 0 bridgehead atoms. The predicted octanol–water partition coefficient (Wildman–Crippen LogP) is 2.94. The van der Waals surface area contributed by atoms with Gasteiger partial charge in [-0.15, -0.1) is 0 Å². The predicted molar refractivity (Wildman–Crippen MR) is 101 cm³/mol. The van der Waals surface area contributed by atoms with Gasteiger partial charge in [0.1, 0.15) is 11.6 Å². The summed E-state index contributed by atoms with van der Waals surface area (Å²) in [6.07, 6.45) is 0. The molecule has 1 aliphatic rings. The summed E-state index contributed by atoms with van der Waals surface area (Å²) in [4.78, 5) is 11.4. The summed E-state index contributed by atoms with van der Waals surface area (Å²) < 4.78 is 46.3. The molecule has 0 aliphatic carbocycles. The van der Waals surface area contributed by atoms with E-state index in [0.717, 1.165) is 6.07 Å². The fourth-order valence-corrected chi connectivity index (χ4v) is 5.52. The van der Waals surface area contributed by atoms with E-state index in [4.69, 9.17) is 4.74 Å². The Morgan fingerprint density at radius 1 is 1.19 bits per heavy atom. The van der Waals surface area contributed by atoms with E-state index >= 15 is 0 Å². The fourth-order valence-electron chi connectivity index (χ4n) is 2.87. The fraction of sp³-hybridized carbons (Fsp3) is 0.278. The van der Waals surface area contributed by atoms with Crippen molar-refractivity contribution in [1.29, 1.82) is 0 Å². The summed E-state index contributed by atoms with van der Waals surface area (Å²) in [6.45, 7) is 0.728.